The molecule has 8 nitrogen and oxygen atoms in total. The van der Waals surface area contributed by atoms with Crippen LogP contribution < -0.4 is 9.64 Å². The highest BCUT2D eigenvalue weighted by atomic mass is 16.6. The van der Waals surface area contributed by atoms with Crippen molar-refractivity contribution in [1.82, 2.24) is 14.8 Å². The number of rotatable bonds is 5. The van der Waals surface area contributed by atoms with E-state index in [9.17, 15) is 10.1 Å². The van der Waals surface area contributed by atoms with Crippen molar-refractivity contribution in [3.8, 4) is 5.75 Å². The van der Waals surface area contributed by atoms with E-state index in [1.807, 2.05) is 39.8 Å². The summed E-state index contributed by atoms with van der Waals surface area (Å²) < 4.78 is 7.43. The van der Waals surface area contributed by atoms with Gasteiger partial charge in [0.05, 0.1) is 11.5 Å². The molecule has 0 unspecified atom stereocenters. The van der Waals surface area contributed by atoms with Crippen molar-refractivity contribution < 1.29 is 9.66 Å². The van der Waals surface area contributed by atoms with Crippen LogP contribution in [0.25, 0.3) is 0 Å². The highest BCUT2D eigenvalue weighted by Gasteiger charge is 2.22. The molecule has 0 amide bonds. The van der Waals surface area contributed by atoms with Crippen LogP contribution in [0.3, 0.4) is 0 Å². The van der Waals surface area contributed by atoms with E-state index < -0.39 is 10.5 Å². The first kappa shape index (κ1) is 16.7. The fraction of sp³-hybridized carbons (Fsp3) is 0.467. The molecular weight excluding hydrogens is 298 g/mol. The smallest absolute Gasteiger partial charge is 0.311 e. The number of anilines is 1. The highest BCUT2D eigenvalue weighted by molar-refractivity contribution is 5.59. The van der Waals surface area contributed by atoms with E-state index in [4.69, 9.17) is 4.74 Å². The average Bonchev–Trinajstić information content (AvgIpc) is 2.82. The first-order valence-corrected chi connectivity index (χ1v) is 7.19. The SMILES string of the molecule is CN(Cc1ncnn1C)c1ccc([N+](=O)[O-])c(OC(C)(C)C)c1. The molecule has 1 heterocycles. The van der Waals surface area contributed by atoms with Gasteiger partial charge in [0, 0.05) is 31.9 Å². The van der Waals surface area contributed by atoms with Gasteiger partial charge in [0.25, 0.3) is 0 Å². The van der Waals surface area contributed by atoms with Crippen molar-refractivity contribution >= 4 is 11.4 Å². The minimum Gasteiger partial charge on any atom is -0.481 e. The zero-order valence-electron chi connectivity index (χ0n) is 14.0. The molecule has 8 heteroatoms. The maximum Gasteiger partial charge on any atom is 0.311 e. The van der Waals surface area contributed by atoms with Crippen molar-refractivity contribution in [2.24, 2.45) is 7.05 Å². The molecule has 0 radical (unpaired) electrons. The Kier molecular flexibility index (Phi) is 4.53. The third-order valence-electron chi connectivity index (χ3n) is 3.18. The second-order valence-electron chi connectivity index (χ2n) is 6.28. The molecular formula is C15H21N5O3. The zero-order chi connectivity index (χ0) is 17.2. The summed E-state index contributed by atoms with van der Waals surface area (Å²) in [5.41, 5.74) is 0.236. The molecule has 0 aliphatic heterocycles. The van der Waals surface area contributed by atoms with Gasteiger partial charge in [0.2, 0.25) is 0 Å². The number of hydrogen-bond donors (Lipinski definition) is 0. The minimum absolute atomic E-state index is 0.0456. The summed E-state index contributed by atoms with van der Waals surface area (Å²) in [5.74, 6) is 1.05. The second-order valence-corrected chi connectivity index (χ2v) is 6.28. The van der Waals surface area contributed by atoms with Crippen molar-refractivity contribution in [1.29, 1.82) is 0 Å². The van der Waals surface area contributed by atoms with Gasteiger partial charge >= 0.3 is 5.69 Å². The van der Waals surface area contributed by atoms with Crippen LogP contribution >= 0.6 is 0 Å². The second kappa shape index (κ2) is 6.23. The zero-order valence-corrected chi connectivity index (χ0v) is 14.0. The van der Waals surface area contributed by atoms with E-state index in [2.05, 4.69) is 10.1 Å². The van der Waals surface area contributed by atoms with E-state index in [1.54, 1.807) is 16.8 Å². The third kappa shape index (κ3) is 4.18. The lowest BCUT2D eigenvalue weighted by Crippen LogP contribution is -2.24. The van der Waals surface area contributed by atoms with Crippen LogP contribution in [0.4, 0.5) is 11.4 Å². The van der Waals surface area contributed by atoms with Crippen LogP contribution in [-0.2, 0) is 13.6 Å². The monoisotopic (exact) mass is 319 g/mol. The summed E-state index contributed by atoms with van der Waals surface area (Å²) in [4.78, 5) is 16.9. The van der Waals surface area contributed by atoms with E-state index in [0.717, 1.165) is 11.5 Å². The minimum atomic E-state index is -0.522. The van der Waals surface area contributed by atoms with Gasteiger partial charge in [-0.15, -0.1) is 0 Å². The lowest BCUT2D eigenvalue weighted by Gasteiger charge is -2.23. The van der Waals surface area contributed by atoms with Crippen molar-refractivity contribution in [3.05, 3.63) is 40.5 Å². The van der Waals surface area contributed by atoms with Crippen LogP contribution in [0.5, 0.6) is 5.75 Å². The van der Waals surface area contributed by atoms with Crippen molar-refractivity contribution in [2.75, 3.05) is 11.9 Å². The molecule has 1 aromatic heterocycles. The third-order valence-corrected chi connectivity index (χ3v) is 3.18. The number of hydrogen-bond acceptors (Lipinski definition) is 6. The van der Waals surface area contributed by atoms with Crippen LogP contribution in [-0.4, -0.2) is 32.3 Å². The summed E-state index contributed by atoms with van der Waals surface area (Å²) >= 11 is 0. The first-order chi connectivity index (χ1) is 10.7. The van der Waals surface area contributed by atoms with E-state index in [-0.39, 0.29) is 11.4 Å². The highest BCUT2D eigenvalue weighted by Crippen LogP contribution is 2.34. The number of aryl methyl sites for hydroxylation is 1. The van der Waals surface area contributed by atoms with E-state index >= 15 is 0 Å². The Morgan fingerprint density at radius 3 is 2.61 bits per heavy atom. The van der Waals surface area contributed by atoms with Gasteiger partial charge in [0.1, 0.15) is 17.8 Å². The van der Waals surface area contributed by atoms with E-state index in [1.165, 1.54) is 12.4 Å². The molecule has 0 bridgehead atoms. The molecule has 0 aliphatic rings. The molecule has 0 saturated heterocycles. The van der Waals surface area contributed by atoms with Crippen LogP contribution in [0, 0.1) is 10.1 Å². The number of nitro benzene ring substituents is 1. The normalized spacial score (nSPS) is 11.3. The van der Waals surface area contributed by atoms with Crippen molar-refractivity contribution in [2.45, 2.75) is 32.9 Å². The Labute approximate surface area is 134 Å². The van der Waals surface area contributed by atoms with Crippen molar-refractivity contribution in [3.63, 3.8) is 0 Å². The number of aromatic nitrogens is 3. The maximum absolute atomic E-state index is 11.2. The first-order valence-electron chi connectivity index (χ1n) is 7.19. The topological polar surface area (TPSA) is 86.3 Å². The maximum atomic E-state index is 11.2. The van der Waals surface area contributed by atoms with E-state index in [0.29, 0.717) is 6.54 Å². The fourth-order valence-electron chi connectivity index (χ4n) is 2.07. The lowest BCUT2D eigenvalue weighted by molar-refractivity contribution is -0.386. The molecule has 0 saturated carbocycles. The Balaban J connectivity index is 2.30. The quantitative estimate of drug-likeness (QED) is 0.622. The predicted molar refractivity (Wildman–Crippen MR) is 86.6 cm³/mol. The predicted octanol–water partition coefficient (Wildman–Crippen LogP) is 2.54. The largest absolute Gasteiger partial charge is 0.481 e. The lowest BCUT2D eigenvalue weighted by atomic mass is 10.1. The summed E-state index contributed by atoms with van der Waals surface area (Å²) in [6.45, 7) is 6.09. The summed E-state index contributed by atoms with van der Waals surface area (Å²) in [5, 5.41) is 15.2. The molecule has 2 rings (SSSR count). The molecule has 0 spiro atoms. The standard InChI is InChI=1S/C15H21N5O3/c1-15(2,3)23-13-8-11(6-7-12(13)20(21)22)18(4)9-14-16-10-17-19(14)5/h6-8,10H,9H2,1-5H3. The Morgan fingerprint density at radius 1 is 1.39 bits per heavy atom. The Morgan fingerprint density at radius 2 is 2.09 bits per heavy atom. The molecule has 23 heavy (non-hydrogen) atoms. The molecule has 124 valence electrons. The van der Waals surface area contributed by atoms with Crippen LogP contribution in [0.15, 0.2) is 24.5 Å². The fourth-order valence-corrected chi connectivity index (χ4v) is 2.07. The van der Waals surface area contributed by atoms with Gasteiger partial charge in [-0.3, -0.25) is 14.8 Å². The van der Waals surface area contributed by atoms with Gasteiger partial charge in [-0.1, -0.05) is 0 Å². The number of nitro groups is 1. The number of ether oxygens (including phenoxy) is 1. The average molecular weight is 319 g/mol. The number of nitrogens with zero attached hydrogens (tertiary/aromatic N) is 5. The number of benzene rings is 1. The molecule has 0 atom stereocenters. The Bertz CT molecular complexity index is 705. The summed E-state index contributed by atoms with van der Waals surface area (Å²) in [7, 11) is 3.71. The molecule has 0 N–H and O–H groups in total. The van der Waals surface area contributed by atoms with Gasteiger partial charge in [-0.25, -0.2) is 4.98 Å². The Hall–Kier alpha value is -2.64. The molecule has 0 aliphatic carbocycles. The van der Waals surface area contributed by atoms with Gasteiger partial charge < -0.3 is 9.64 Å². The molecule has 2 aromatic rings. The summed E-state index contributed by atoms with van der Waals surface area (Å²) in [6.07, 6.45) is 1.49. The van der Waals surface area contributed by atoms with Gasteiger partial charge in [-0.2, -0.15) is 5.10 Å². The van der Waals surface area contributed by atoms with Gasteiger partial charge in [-0.05, 0) is 26.8 Å². The molecule has 1 aromatic carbocycles. The van der Waals surface area contributed by atoms with Crippen LogP contribution in [0.1, 0.15) is 26.6 Å². The molecule has 0 fully saturated rings. The summed E-state index contributed by atoms with van der Waals surface area (Å²) in [6, 6.07) is 4.84. The van der Waals surface area contributed by atoms with Gasteiger partial charge in [0.15, 0.2) is 5.75 Å². The van der Waals surface area contributed by atoms with Crippen LogP contribution in [0.2, 0.25) is 0 Å².